The fraction of sp³-hybridized carbons (Fsp3) is 0.250. The molecule has 5 nitrogen and oxygen atoms in total. The molecule has 1 rings (SSSR count). The van der Waals surface area contributed by atoms with Crippen LogP contribution in [-0.4, -0.2) is 16.8 Å². The molecule has 0 aliphatic heterocycles. The van der Waals surface area contributed by atoms with Gasteiger partial charge in [-0.2, -0.15) is 26.3 Å². The van der Waals surface area contributed by atoms with Crippen LogP contribution in [0.5, 0.6) is 0 Å². The molecule has 0 unspecified atom stereocenters. The number of sulfonamides is 1. The Hall–Kier alpha value is -1.34. The third-order valence-electron chi connectivity index (χ3n) is 2.07. The molecule has 0 saturated carbocycles. The summed E-state index contributed by atoms with van der Waals surface area (Å²) in [7, 11) is -8.86. The van der Waals surface area contributed by atoms with Crippen LogP contribution in [0.4, 0.5) is 26.3 Å². The summed E-state index contributed by atoms with van der Waals surface area (Å²) in [6, 6.07) is -0.483. The molecule has 0 amide bonds. The molecule has 1 aromatic rings. The van der Waals surface area contributed by atoms with Gasteiger partial charge in [-0.3, -0.25) is 0 Å². The topological polar surface area (TPSA) is 80.3 Å². The van der Waals surface area contributed by atoms with Crippen LogP contribution in [0.2, 0.25) is 0 Å². The van der Waals surface area contributed by atoms with Crippen LogP contribution in [0.3, 0.4) is 0 Å². The lowest BCUT2D eigenvalue weighted by molar-refractivity contribution is -0.143. The van der Waals surface area contributed by atoms with Gasteiger partial charge < -0.3 is 0 Å². The lowest BCUT2D eigenvalue weighted by Gasteiger charge is -2.13. The van der Waals surface area contributed by atoms with Crippen molar-refractivity contribution in [1.82, 2.24) is 4.13 Å². The summed E-state index contributed by atoms with van der Waals surface area (Å²) < 4.78 is 119. The summed E-state index contributed by atoms with van der Waals surface area (Å²) in [5.41, 5.74) is -3.75. The number of benzene rings is 1. The summed E-state index contributed by atoms with van der Waals surface area (Å²) in [5, 5.41) is 0. The lowest BCUT2D eigenvalue weighted by atomic mass is 10.1. The highest BCUT2D eigenvalue weighted by molar-refractivity contribution is 7.98. The van der Waals surface area contributed by atoms with Crippen LogP contribution in [-0.2, 0) is 33.3 Å². The number of nitrogens with one attached hydrogen (secondary N) is 1. The van der Waals surface area contributed by atoms with Crippen molar-refractivity contribution in [2.75, 3.05) is 0 Å². The molecule has 0 radical (unpaired) electrons. The fourth-order valence-corrected chi connectivity index (χ4v) is 3.00. The Labute approximate surface area is 115 Å². The lowest BCUT2D eigenvalue weighted by Crippen LogP contribution is -2.23. The maximum Gasteiger partial charge on any atom is 0.416 e. The molecule has 1 aromatic carbocycles. The molecule has 21 heavy (non-hydrogen) atoms. The van der Waals surface area contributed by atoms with Crippen molar-refractivity contribution in [2.24, 2.45) is 0 Å². The average molecular weight is 357 g/mol. The zero-order valence-electron chi connectivity index (χ0n) is 9.49. The molecule has 0 fully saturated rings. The Kier molecular flexibility index (Phi) is 4.60. The Morgan fingerprint density at radius 2 is 1.24 bits per heavy atom. The third kappa shape index (κ3) is 4.57. The zero-order valence-corrected chi connectivity index (χ0v) is 11.2. The Morgan fingerprint density at radius 1 is 0.857 bits per heavy atom. The van der Waals surface area contributed by atoms with E-state index in [0.717, 1.165) is 4.13 Å². The quantitative estimate of drug-likeness (QED) is 0.635. The molecule has 0 atom stereocenters. The monoisotopic (exact) mass is 357 g/mol. The minimum atomic E-state index is -5.24. The minimum absolute atomic E-state index is 0.101. The summed E-state index contributed by atoms with van der Waals surface area (Å²) in [4.78, 5) is -1.47. The highest BCUT2D eigenvalue weighted by atomic mass is 32.3. The van der Waals surface area contributed by atoms with Crippen molar-refractivity contribution < 1.29 is 43.2 Å². The van der Waals surface area contributed by atoms with Crippen molar-refractivity contribution in [3.8, 4) is 0 Å². The van der Waals surface area contributed by atoms with E-state index in [2.05, 4.69) is 0 Å². The first-order valence-corrected chi connectivity index (χ1v) is 7.36. The molecule has 0 aliphatic carbocycles. The number of halogens is 6. The predicted molar refractivity (Wildman–Crippen MR) is 57.1 cm³/mol. The molecule has 0 heterocycles. The minimum Gasteiger partial charge on any atom is -0.215 e. The SMILES string of the molecule is O=[SH](=O)NS(=O)(=O)c1cc(C(F)(F)F)cc(C(F)(F)F)c1. The van der Waals surface area contributed by atoms with E-state index in [9.17, 15) is 43.2 Å². The van der Waals surface area contributed by atoms with Gasteiger partial charge in [-0.05, 0) is 18.2 Å². The van der Waals surface area contributed by atoms with Crippen LogP contribution < -0.4 is 4.13 Å². The number of rotatable bonds is 3. The number of thiol groups is 1. The van der Waals surface area contributed by atoms with Gasteiger partial charge >= 0.3 is 12.4 Å². The van der Waals surface area contributed by atoms with Gasteiger partial charge in [-0.25, -0.2) is 16.8 Å². The smallest absolute Gasteiger partial charge is 0.215 e. The molecule has 0 aromatic heterocycles. The Bertz CT molecular complexity index is 679. The van der Waals surface area contributed by atoms with E-state index in [0.29, 0.717) is 0 Å². The third-order valence-corrected chi connectivity index (χ3v) is 4.48. The van der Waals surface area contributed by atoms with E-state index in [4.69, 9.17) is 0 Å². The number of hydrogen-bond acceptors (Lipinski definition) is 4. The van der Waals surface area contributed by atoms with Crippen LogP contribution in [0.15, 0.2) is 23.1 Å². The maximum absolute atomic E-state index is 12.5. The first kappa shape index (κ1) is 17.7. The molecule has 0 bridgehead atoms. The van der Waals surface area contributed by atoms with E-state index in [1.807, 2.05) is 0 Å². The van der Waals surface area contributed by atoms with Gasteiger partial charge in [-0.1, -0.05) is 0 Å². The van der Waals surface area contributed by atoms with Crippen LogP contribution in [0.25, 0.3) is 0 Å². The number of hydrogen-bond donors (Lipinski definition) is 2. The van der Waals surface area contributed by atoms with Gasteiger partial charge in [0.2, 0.25) is 10.9 Å². The van der Waals surface area contributed by atoms with Crippen molar-refractivity contribution >= 4 is 20.9 Å². The van der Waals surface area contributed by atoms with Crippen molar-refractivity contribution in [3.63, 3.8) is 0 Å². The van der Waals surface area contributed by atoms with Crippen LogP contribution in [0.1, 0.15) is 11.1 Å². The first-order chi connectivity index (χ1) is 9.23. The van der Waals surface area contributed by atoms with Gasteiger partial charge in [0.1, 0.15) is 0 Å². The molecular formula is C8H5F6NO4S2. The van der Waals surface area contributed by atoms with Crippen LogP contribution >= 0.6 is 0 Å². The molecule has 1 N–H and O–H groups in total. The van der Waals surface area contributed by atoms with Gasteiger partial charge in [0.25, 0.3) is 10.0 Å². The normalized spacial score (nSPS) is 13.7. The second-order valence-electron chi connectivity index (χ2n) is 3.59. The van der Waals surface area contributed by atoms with E-state index in [1.54, 1.807) is 0 Å². The highest BCUT2D eigenvalue weighted by Gasteiger charge is 2.38. The molecule has 13 heteroatoms. The highest BCUT2D eigenvalue weighted by Crippen LogP contribution is 2.37. The Morgan fingerprint density at radius 3 is 1.52 bits per heavy atom. The fourth-order valence-electron chi connectivity index (χ4n) is 1.23. The largest absolute Gasteiger partial charge is 0.416 e. The van der Waals surface area contributed by atoms with E-state index in [-0.39, 0.29) is 18.2 Å². The summed E-state index contributed by atoms with van der Waals surface area (Å²) >= 11 is 0. The van der Waals surface area contributed by atoms with E-state index in [1.165, 1.54) is 0 Å². The standard InChI is InChI=1S/C8H5F6NO4S2/c9-7(10,11)4-1-5(8(12,13)14)3-6(2-4)21(18,19)15-20(16)17/h1-3,20H,(H,15,16,17). The van der Waals surface area contributed by atoms with Crippen molar-refractivity contribution in [1.29, 1.82) is 0 Å². The van der Waals surface area contributed by atoms with Crippen molar-refractivity contribution in [2.45, 2.75) is 17.2 Å². The predicted octanol–water partition coefficient (Wildman–Crippen LogP) is 1.53. The first-order valence-electron chi connectivity index (χ1n) is 4.70. The van der Waals surface area contributed by atoms with Gasteiger partial charge in [-0.15, -0.1) is 4.13 Å². The Balaban J connectivity index is 3.61. The second-order valence-corrected chi connectivity index (χ2v) is 6.32. The van der Waals surface area contributed by atoms with Gasteiger partial charge in [0.05, 0.1) is 16.0 Å². The van der Waals surface area contributed by atoms with E-state index < -0.39 is 49.3 Å². The molecular weight excluding hydrogens is 352 g/mol. The summed E-state index contributed by atoms with van der Waals surface area (Å²) in [6.07, 6.45) is -10.5. The zero-order chi connectivity index (χ0) is 16.6. The number of alkyl halides is 6. The molecule has 120 valence electrons. The average Bonchev–Trinajstić information content (AvgIpc) is 2.24. The second kappa shape index (κ2) is 5.46. The molecule has 0 spiro atoms. The van der Waals surface area contributed by atoms with E-state index >= 15 is 0 Å². The molecule has 0 aliphatic rings. The molecule has 0 saturated heterocycles. The van der Waals surface area contributed by atoms with Crippen molar-refractivity contribution in [3.05, 3.63) is 29.3 Å². The summed E-state index contributed by atoms with van der Waals surface area (Å²) in [5.74, 6) is 0. The maximum atomic E-state index is 12.5. The van der Waals surface area contributed by atoms with Crippen LogP contribution in [0, 0.1) is 0 Å². The van der Waals surface area contributed by atoms with Gasteiger partial charge in [0.15, 0.2) is 0 Å². The summed E-state index contributed by atoms with van der Waals surface area (Å²) in [6.45, 7) is 0. The van der Waals surface area contributed by atoms with Gasteiger partial charge in [0, 0.05) is 0 Å².